The molecule has 0 amide bonds. The molecule has 3 rings (SSSR count). The lowest BCUT2D eigenvalue weighted by Gasteiger charge is -2.36. The molecular weight excluding hydrogens is 449 g/mol. The second-order valence-corrected chi connectivity index (χ2v) is 8.04. The fraction of sp³-hybridized carbons (Fsp3) is 0.450. The fourth-order valence-electron chi connectivity index (χ4n) is 3.55. The smallest absolute Gasteiger partial charge is 0.416 e. The Morgan fingerprint density at radius 1 is 1.10 bits per heavy atom. The Morgan fingerprint density at radius 3 is 2.52 bits per heavy atom. The van der Waals surface area contributed by atoms with Gasteiger partial charge in [0.1, 0.15) is 5.69 Å². The minimum atomic E-state index is -4.32. The van der Waals surface area contributed by atoms with Crippen molar-refractivity contribution < 1.29 is 17.9 Å². The van der Waals surface area contributed by atoms with E-state index in [0.717, 1.165) is 47.7 Å². The van der Waals surface area contributed by atoms with E-state index < -0.39 is 11.7 Å². The van der Waals surface area contributed by atoms with Crippen molar-refractivity contribution in [2.24, 2.45) is 0 Å². The van der Waals surface area contributed by atoms with Gasteiger partial charge in [-0.25, -0.2) is 0 Å². The molecule has 1 aromatic carbocycles. The normalized spacial score (nSPS) is 15.7. The Bertz CT molecular complexity index is 839. The molecule has 29 heavy (non-hydrogen) atoms. The number of halogens is 4. The van der Waals surface area contributed by atoms with E-state index in [2.05, 4.69) is 20.8 Å². The van der Waals surface area contributed by atoms with E-state index in [1.807, 2.05) is 4.90 Å². The van der Waals surface area contributed by atoms with Crippen molar-refractivity contribution in [1.29, 1.82) is 0 Å². The number of anilines is 2. The lowest BCUT2D eigenvalue weighted by molar-refractivity contribution is -0.613. The van der Waals surface area contributed by atoms with Gasteiger partial charge in [0.25, 0.3) is 0 Å². The Kier molecular flexibility index (Phi) is 6.89. The predicted octanol–water partition coefficient (Wildman–Crippen LogP) is 3.83. The molecule has 0 atom stereocenters. The van der Waals surface area contributed by atoms with Crippen molar-refractivity contribution in [1.82, 2.24) is 4.90 Å². The highest BCUT2D eigenvalue weighted by Gasteiger charge is 2.31. The van der Waals surface area contributed by atoms with Crippen molar-refractivity contribution in [2.75, 3.05) is 43.4 Å². The van der Waals surface area contributed by atoms with Crippen molar-refractivity contribution in [3.05, 3.63) is 57.5 Å². The van der Waals surface area contributed by atoms with Gasteiger partial charge in [0.15, 0.2) is 6.20 Å². The molecule has 2 N–H and O–H groups in total. The first-order valence-corrected chi connectivity index (χ1v) is 10.4. The molecule has 0 unspecified atom stereocenters. The summed E-state index contributed by atoms with van der Waals surface area (Å²) in [5.74, 6) is 0. The SMILES string of the molecule is Nc1c(Br)cc[n+]([O-])c1CCCCN1CCN(c2cccc(C(F)(F)F)c2)CC1. The molecule has 2 aromatic rings. The Labute approximate surface area is 176 Å². The molecule has 1 saturated heterocycles. The Balaban J connectivity index is 1.45. The van der Waals surface area contributed by atoms with Gasteiger partial charge < -0.3 is 15.8 Å². The maximum atomic E-state index is 12.9. The average Bonchev–Trinajstić information content (AvgIpc) is 2.70. The molecule has 5 nitrogen and oxygen atoms in total. The van der Waals surface area contributed by atoms with Crippen molar-refractivity contribution in [3.63, 3.8) is 0 Å². The summed E-state index contributed by atoms with van der Waals surface area (Å²) in [6.07, 6.45) is -0.494. The molecule has 0 spiro atoms. The van der Waals surface area contributed by atoms with Crippen LogP contribution < -0.4 is 15.4 Å². The summed E-state index contributed by atoms with van der Waals surface area (Å²) in [5.41, 5.74) is 7.03. The molecule has 1 aliphatic heterocycles. The number of piperazine rings is 1. The highest BCUT2D eigenvalue weighted by Crippen LogP contribution is 2.32. The van der Waals surface area contributed by atoms with Crippen molar-refractivity contribution >= 4 is 27.3 Å². The third-order valence-electron chi connectivity index (χ3n) is 5.24. The van der Waals surface area contributed by atoms with Crippen LogP contribution in [0.3, 0.4) is 0 Å². The molecule has 0 bridgehead atoms. The van der Waals surface area contributed by atoms with E-state index in [1.54, 1.807) is 12.1 Å². The van der Waals surface area contributed by atoms with Crippen LogP contribution in [0.25, 0.3) is 0 Å². The third kappa shape index (κ3) is 5.54. The number of pyridine rings is 1. The van der Waals surface area contributed by atoms with Crippen LogP contribution in [0.2, 0.25) is 0 Å². The summed E-state index contributed by atoms with van der Waals surface area (Å²) in [7, 11) is 0. The van der Waals surface area contributed by atoms with Crippen LogP contribution in [0.1, 0.15) is 24.1 Å². The predicted molar refractivity (Wildman–Crippen MR) is 111 cm³/mol. The van der Waals surface area contributed by atoms with Gasteiger partial charge >= 0.3 is 6.18 Å². The van der Waals surface area contributed by atoms with Gasteiger partial charge in [0.2, 0.25) is 5.69 Å². The molecule has 0 saturated carbocycles. The van der Waals surface area contributed by atoms with E-state index in [0.29, 0.717) is 36.6 Å². The van der Waals surface area contributed by atoms with Crippen LogP contribution >= 0.6 is 15.9 Å². The van der Waals surface area contributed by atoms with Crippen molar-refractivity contribution in [3.8, 4) is 0 Å². The van der Waals surface area contributed by atoms with E-state index in [-0.39, 0.29) is 0 Å². The summed E-state index contributed by atoms with van der Waals surface area (Å²) in [4.78, 5) is 4.30. The van der Waals surface area contributed by atoms with Crippen LogP contribution in [-0.2, 0) is 12.6 Å². The van der Waals surface area contributed by atoms with Crippen LogP contribution in [0, 0.1) is 5.21 Å². The largest absolute Gasteiger partial charge is 0.618 e. The topological polar surface area (TPSA) is 59.4 Å². The molecule has 1 aromatic heterocycles. The summed E-state index contributed by atoms with van der Waals surface area (Å²) in [6.45, 7) is 3.89. The number of rotatable bonds is 6. The highest BCUT2D eigenvalue weighted by molar-refractivity contribution is 9.10. The number of hydrogen-bond donors (Lipinski definition) is 1. The van der Waals surface area contributed by atoms with Gasteiger partial charge in [-0.2, -0.15) is 17.9 Å². The van der Waals surface area contributed by atoms with E-state index >= 15 is 0 Å². The zero-order chi connectivity index (χ0) is 21.0. The Morgan fingerprint density at radius 2 is 1.83 bits per heavy atom. The minimum Gasteiger partial charge on any atom is -0.618 e. The summed E-state index contributed by atoms with van der Waals surface area (Å²) in [6, 6.07) is 7.14. The summed E-state index contributed by atoms with van der Waals surface area (Å²) < 4.78 is 40.3. The van der Waals surface area contributed by atoms with Gasteiger partial charge in [-0.1, -0.05) is 6.07 Å². The number of benzene rings is 1. The fourth-order valence-corrected chi connectivity index (χ4v) is 3.90. The van der Waals surface area contributed by atoms with Gasteiger partial charge in [-0.05, 0) is 53.5 Å². The van der Waals surface area contributed by atoms with E-state index in [4.69, 9.17) is 5.73 Å². The number of alkyl halides is 3. The van der Waals surface area contributed by atoms with Gasteiger partial charge in [-0.15, -0.1) is 0 Å². The minimum absolute atomic E-state index is 0.484. The molecular formula is C20H24BrF3N4O. The summed E-state index contributed by atoms with van der Waals surface area (Å²) >= 11 is 3.34. The highest BCUT2D eigenvalue weighted by atomic mass is 79.9. The first-order chi connectivity index (χ1) is 13.8. The van der Waals surface area contributed by atoms with Crippen molar-refractivity contribution in [2.45, 2.75) is 25.4 Å². The maximum Gasteiger partial charge on any atom is 0.416 e. The number of hydrogen-bond acceptors (Lipinski definition) is 4. The molecule has 0 aliphatic carbocycles. The second kappa shape index (κ2) is 9.21. The van der Waals surface area contributed by atoms with Gasteiger partial charge in [0.05, 0.1) is 10.0 Å². The Hall–Kier alpha value is -2.00. The number of nitrogens with two attached hydrogens (primary N) is 1. The lowest BCUT2D eigenvalue weighted by Crippen LogP contribution is -2.46. The number of aromatic nitrogens is 1. The monoisotopic (exact) mass is 472 g/mol. The van der Waals surface area contributed by atoms with Crippen LogP contribution in [-0.4, -0.2) is 37.6 Å². The second-order valence-electron chi connectivity index (χ2n) is 7.18. The van der Waals surface area contributed by atoms with E-state index in [1.165, 1.54) is 18.3 Å². The molecule has 0 radical (unpaired) electrons. The number of nitrogen functional groups attached to an aromatic ring is 1. The molecule has 1 fully saturated rings. The van der Waals surface area contributed by atoms with Crippen LogP contribution in [0.15, 0.2) is 41.0 Å². The average molecular weight is 473 g/mol. The standard InChI is InChI=1S/C20H24BrF3N4O/c21-17-7-9-28(29)18(19(17)25)6-1-2-8-26-10-12-27(13-11-26)16-5-3-4-15(14-16)20(22,23)24/h3-5,7,9,14H,1-2,6,8,10-13,25H2. The first kappa shape index (κ1) is 21.7. The first-order valence-electron chi connectivity index (χ1n) is 9.56. The quantitative estimate of drug-likeness (QED) is 0.394. The maximum absolute atomic E-state index is 12.9. The van der Waals surface area contributed by atoms with Crippen LogP contribution in [0.5, 0.6) is 0 Å². The summed E-state index contributed by atoms with van der Waals surface area (Å²) in [5, 5.41) is 11.9. The number of unbranched alkanes of at least 4 members (excludes halogenated alkanes) is 1. The zero-order valence-corrected chi connectivity index (χ0v) is 17.5. The lowest BCUT2D eigenvalue weighted by atomic mass is 10.1. The van der Waals surface area contributed by atoms with Gasteiger partial charge in [-0.3, -0.25) is 4.90 Å². The third-order valence-corrected chi connectivity index (χ3v) is 5.93. The molecule has 1 aliphatic rings. The number of nitrogens with zero attached hydrogens (tertiary/aromatic N) is 3. The van der Waals surface area contributed by atoms with E-state index in [9.17, 15) is 18.4 Å². The molecule has 158 valence electrons. The molecule has 2 heterocycles. The van der Waals surface area contributed by atoms with Crippen LogP contribution in [0.4, 0.5) is 24.5 Å². The van der Waals surface area contributed by atoms with Gasteiger partial charge in [0, 0.05) is 44.4 Å². The molecule has 9 heteroatoms. The zero-order valence-electron chi connectivity index (χ0n) is 16.0.